The van der Waals surface area contributed by atoms with Gasteiger partial charge in [-0.3, -0.25) is 4.79 Å². The maximum Gasteiger partial charge on any atom is 0.231 e. The maximum absolute atomic E-state index is 13.0. The Hall–Kier alpha value is -3.47. The van der Waals surface area contributed by atoms with Gasteiger partial charge in [0.15, 0.2) is 16.9 Å². The summed E-state index contributed by atoms with van der Waals surface area (Å²) in [5, 5.41) is 0.510. The Morgan fingerprint density at radius 2 is 1.87 bits per heavy atom. The average Bonchev–Trinajstić information content (AvgIpc) is 3.21. The van der Waals surface area contributed by atoms with Crippen LogP contribution in [0.15, 0.2) is 75.2 Å². The summed E-state index contributed by atoms with van der Waals surface area (Å²) in [5.74, 6) is 1.97. The van der Waals surface area contributed by atoms with E-state index in [1.807, 2.05) is 6.07 Å². The summed E-state index contributed by atoms with van der Waals surface area (Å²) in [6.07, 6.45) is 7.86. The van der Waals surface area contributed by atoms with Crippen LogP contribution in [0.2, 0.25) is 0 Å². The fraction of sp³-hybridized carbons (Fsp3) is 0.269. The lowest BCUT2D eigenvalue weighted by atomic mass is 10.0. The van der Waals surface area contributed by atoms with E-state index in [4.69, 9.17) is 18.6 Å². The fourth-order valence-electron chi connectivity index (χ4n) is 3.43. The summed E-state index contributed by atoms with van der Waals surface area (Å²) < 4.78 is 22.3. The molecule has 2 aromatic carbocycles. The molecule has 31 heavy (non-hydrogen) atoms. The molecular formula is C26H26O5. The lowest BCUT2D eigenvalue weighted by Gasteiger charge is -2.07. The van der Waals surface area contributed by atoms with Gasteiger partial charge in [0.25, 0.3) is 0 Å². The molecule has 4 rings (SSSR count). The van der Waals surface area contributed by atoms with E-state index in [2.05, 4.69) is 32.9 Å². The van der Waals surface area contributed by atoms with Crippen LogP contribution in [-0.4, -0.2) is 13.4 Å². The third kappa shape index (κ3) is 4.82. The summed E-state index contributed by atoms with van der Waals surface area (Å²) in [6.45, 7) is 7.00. The fourth-order valence-corrected chi connectivity index (χ4v) is 3.43. The predicted molar refractivity (Wildman–Crippen MR) is 122 cm³/mol. The van der Waals surface area contributed by atoms with E-state index in [1.165, 1.54) is 17.4 Å². The van der Waals surface area contributed by atoms with Gasteiger partial charge >= 0.3 is 0 Å². The average molecular weight is 418 g/mol. The minimum Gasteiger partial charge on any atom is -0.489 e. The molecule has 2 heterocycles. The molecule has 0 saturated carbocycles. The molecule has 0 bridgehead atoms. The Kier molecular flexibility index (Phi) is 6.12. The topological polar surface area (TPSA) is 57.9 Å². The lowest BCUT2D eigenvalue weighted by Crippen LogP contribution is -2.05. The van der Waals surface area contributed by atoms with Crippen molar-refractivity contribution in [3.05, 3.63) is 76.2 Å². The molecule has 3 aromatic rings. The molecule has 0 radical (unpaired) electrons. The molecule has 1 aliphatic heterocycles. The largest absolute Gasteiger partial charge is 0.489 e. The number of rotatable bonds is 7. The first-order valence-corrected chi connectivity index (χ1v) is 10.4. The van der Waals surface area contributed by atoms with Crippen LogP contribution in [0.3, 0.4) is 0 Å². The quantitative estimate of drug-likeness (QED) is 0.424. The van der Waals surface area contributed by atoms with Crippen LogP contribution in [-0.2, 0) is 0 Å². The number of fused-ring (bicyclic) bond motifs is 2. The van der Waals surface area contributed by atoms with Gasteiger partial charge in [-0.25, -0.2) is 0 Å². The van der Waals surface area contributed by atoms with Crippen molar-refractivity contribution in [3.8, 4) is 28.4 Å². The van der Waals surface area contributed by atoms with Gasteiger partial charge in [0.05, 0.1) is 10.9 Å². The zero-order chi connectivity index (χ0) is 21.8. The third-order valence-corrected chi connectivity index (χ3v) is 5.20. The summed E-state index contributed by atoms with van der Waals surface area (Å²) >= 11 is 0. The summed E-state index contributed by atoms with van der Waals surface area (Å²) in [4.78, 5) is 13.0. The molecule has 5 nitrogen and oxygen atoms in total. The Bertz CT molecular complexity index is 1210. The van der Waals surface area contributed by atoms with Gasteiger partial charge in [-0.05, 0) is 69.5 Å². The normalized spacial score (nSPS) is 12.8. The highest BCUT2D eigenvalue weighted by Gasteiger charge is 2.16. The second-order valence-electron chi connectivity index (χ2n) is 7.89. The standard InChI is InChI=1S/C26H26O5/c1-17(2)5-4-6-18(3)11-12-28-20-8-9-21-24(14-20)29-15-22(26(21)27)19-7-10-23-25(13-19)31-16-30-23/h5,7-11,13-15H,4,6,12,16H2,1-3H3. The highest BCUT2D eigenvalue weighted by Crippen LogP contribution is 2.35. The third-order valence-electron chi connectivity index (χ3n) is 5.20. The highest BCUT2D eigenvalue weighted by atomic mass is 16.7. The van der Waals surface area contributed by atoms with Gasteiger partial charge in [0.1, 0.15) is 24.2 Å². The predicted octanol–water partition coefficient (Wildman–Crippen LogP) is 6.26. The van der Waals surface area contributed by atoms with Crippen molar-refractivity contribution in [2.45, 2.75) is 33.6 Å². The van der Waals surface area contributed by atoms with E-state index < -0.39 is 0 Å². The maximum atomic E-state index is 13.0. The van der Waals surface area contributed by atoms with E-state index >= 15 is 0 Å². The number of hydrogen-bond acceptors (Lipinski definition) is 5. The van der Waals surface area contributed by atoms with Crippen LogP contribution >= 0.6 is 0 Å². The molecule has 160 valence electrons. The van der Waals surface area contributed by atoms with Gasteiger partial charge in [-0.2, -0.15) is 0 Å². The highest BCUT2D eigenvalue weighted by molar-refractivity contribution is 5.83. The second kappa shape index (κ2) is 9.13. The van der Waals surface area contributed by atoms with Gasteiger partial charge in [0, 0.05) is 6.07 Å². The van der Waals surface area contributed by atoms with E-state index in [0.29, 0.717) is 40.4 Å². The van der Waals surface area contributed by atoms with Crippen LogP contribution in [0, 0.1) is 0 Å². The zero-order valence-corrected chi connectivity index (χ0v) is 18.1. The van der Waals surface area contributed by atoms with Gasteiger partial charge in [-0.1, -0.05) is 23.3 Å². The van der Waals surface area contributed by atoms with Crippen LogP contribution in [0.4, 0.5) is 0 Å². The lowest BCUT2D eigenvalue weighted by molar-refractivity contribution is 0.174. The van der Waals surface area contributed by atoms with Crippen molar-refractivity contribution >= 4 is 11.0 Å². The van der Waals surface area contributed by atoms with E-state index in [-0.39, 0.29) is 12.2 Å². The van der Waals surface area contributed by atoms with Gasteiger partial charge in [0.2, 0.25) is 6.79 Å². The Balaban J connectivity index is 1.48. The van der Waals surface area contributed by atoms with Crippen molar-refractivity contribution < 1.29 is 18.6 Å². The molecule has 0 aliphatic carbocycles. The molecule has 0 saturated heterocycles. The molecule has 0 amide bonds. The van der Waals surface area contributed by atoms with Crippen molar-refractivity contribution in [2.24, 2.45) is 0 Å². The molecule has 1 aromatic heterocycles. The number of benzene rings is 2. The van der Waals surface area contributed by atoms with Crippen molar-refractivity contribution in [2.75, 3.05) is 13.4 Å². The van der Waals surface area contributed by atoms with Crippen LogP contribution < -0.4 is 19.6 Å². The molecule has 1 aliphatic rings. The van der Waals surface area contributed by atoms with Gasteiger partial charge in [-0.15, -0.1) is 0 Å². The molecule has 0 spiro atoms. The SMILES string of the molecule is CC(C)=CCCC(C)=CCOc1ccc2c(=O)c(-c3ccc4c(c3)OCO4)coc2c1. The smallest absolute Gasteiger partial charge is 0.231 e. The second-order valence-corrected chi connectivity index (χ2v) is 7.89. The minimum atomic E-state index is -0.0957. The Labute approximate surface area is 181 Å². The molecule has 5 heteroatoms. The van der Waals surface area contributed by atoms with Crippen molar-refractivity contribution in [3.63, 3.8) is 0 Å². The van der Waals surface area contributed by atoms with E-state index in [9.17, 15) is 4.79 Å². The van der Waals surface area contributed by atoms with Crippen LogP contribution in [0.5, 0.6) is 17.2 Å². The van der Waals surface area contributed by atoms with Crippen molar-refractivity contribution in [1.82, 2.24) is 0 Å². The first-order chi connectivity index (χ1) is 15.0. The molecular weight excluding hydrogens is 392 g/mol. The van der Waals surface area contributed by atoms with Crippen LogP contribution in [0.25, 0.3) is 22.1 Å². The summed E-state index contributed by atoms with van der Waals surface area (Å²) in [5.41, 5.74) is 4.24. The first-order valence-electron chi connectivity index (χ1n) is 10.4. The van der Waals surface area contributed by atoms with Crippen LogP contribution in [0.1, 0.15) is 33.6 Å². The first kappa shape index (κ1) is 20.8. The molecule has 0 fully saturated rings. The Morgan fingerprint density at radius 1 is 1.03 bits per heavy atom. The van der Waals surface area contributed by atoms with Gasteiger partial charge < -0.3 is 18.6 Å². The molecule has 0 N–H and O–H groups in total. The van der Waals surface area contributed by atoms with Crippen molar-refractivity contribution in [1.29, 1.82) is 0 Å². The Morgan fingerprint density at radius 3 is 2.71 bits per heavy atom. The van der Waals surface area contributed by atoms with E-state index in [0.717, 1.165) is 18.4 Å². The number of allylic oxidation sites excluding steroid dienone is 3. The number of ether oxygens (including phenoxy) is 3. The molecule has 0 atom stereocenters. The monoisotopic (exact) mass is 418 g/mol. The van der Waals surface area contributed by atoms with E-state index in [1.54, 1.807) is 30.3 Å². The number of hydrogen-bond donors (Lipinski definition) is 0. The summed E-state index contributed by atoms with van der Waals surface area (Å²) in [7, 11) is 0. The summed E-state index contributed by atoms with van der Waals surface area (Å²) in [6, 6.07) is 10.7. The zero-order valence-electron chi connectivity index (χ0n) is 18.1. The molecule has 0 unspecified atom stereocenters. The minimum absolute atomic E-state index is 0.0957.